The van der Waals surface area contributed by atoms with E-state index in [1.165, 1.54) is 18.3 Å². The van der Waals surface area contributed by atoms with Gasteiger partial charge in [-0.15, -0.1) is 0 Å². The van der Waals surface area contributed by atoms with Crippen molar-refractivity contribution in [2.45, 2.75) is 25.9 Å². The molecule has 1 atom stereocenters. The number of hydrogen-bond donors (Lipinski definition) is 2. The number of hydrogen-bond acceptors (Lipinski definition) is 4. The zero-order valence-corrected chi connectivity index (χ0v) is 12.4. The predicted octanol–water partition coefficient (Wildman–Crippen LogP) is 1.18. The Morgan fingerprint density at radius 1 is 1.36 bits per heavy atom. The first-order valence-electron chi connectivity index (χ1n) is 7.16. The minimum atomic E-state index is -0.304. The van der Waals surface area contributed by atoms with E-state index < -0.39 is 0 Å². The van der Waals surface area contributed by atoms with E-state index in [4.69, 9.17) is 0 Å². The van der Waals surface area contributed by atoms with Gasteiger partial charge in [-0.2, -0.15) is 0 Å². The fourth-order valence-electron chi connectivity index (χ4n) is 2.19. The lowest BCUT2D eigenvalue weighted by molar-refractivity contribution is 0.0560. The molecule has 0 saturated carbocycles. The Bertz CT molecular complexity index is 645. The molecule has 0 fully saturated rings. The molecular weight excluding hydrogens is 282 g/mol. The van der Waals surface area contributed by atoms with Gasteiger partial charge in [-0.05, 0) is 24.6 Å². The van der Waals surface area contributed by atoms with Gasteiger partial charge in [0.2, 0.25) is 5.56 Å². The minimum Gasteiger partial charge on any atom is -0.394 e. The van der Waals surface area contributed by atoms with E-state index in [0.717, 1.165) is 5.69 Å². The summed E-state index contributed by atoms with van der Waals surface area (Å²) in [6.07, 6.45) is 3.68. The van der Waals surface area contributed by atoms with E-state index >= 15 is 0 Å². The molecule has 0 radical (unpaired) electrons. The lowest BCUT2D eigenvalue weighted by Gasteiger charge is -2.29. The van der Waals surface area contributed by atoms with E-state index in [-0.39, 0.29) is 24.1 Å². The third-order valence-electron chi connectivity index (χ3n) is 3.47. The Hall–Kier alpha value is -2.47. The Labute approximate surface area is 128 Å². The first-order valence-corrected chi connectivity index (χ1v) is 7.16. The zero-order chi connectivity index (χ0) is 15.9. The average molecular weight is 301 g/mol. The van der Waals surface area contributed by atoms with Crippen LogP contribution in [0.2, 0.25) is 0 Å². The lowest BCUT2D eigenvalue weighted by atomic mass is 10.1. The second-order valence-corrected chi connectivity index (χ2v) is 4.94. The fraction of sp³-hybridized carbons (Fsp3) is 0.312. The highest BCUT2D eigenvalue weighted by molar-refractivity contribution is 5.94. The van der Waals surface area contributed by atoms with Crippen LogP contribution in [0.15, 0.2) is 47.5 Å². The largest absolute Gasteiger partial charge is 0.394 e. The van der Waals surface area contributed by atoms with E-state index in [9.17, 15) is 14.7 Å². The summed E-state index contributed by atoms with van der Waals surface area (Å²) >= 11 is 0. The molecular formula is C16H19N3O3. The molecule has 0 aliphatic rings. The van der Waals surface area contributed by atoms with E-state index in [2.05, 4.69) is 9.97 Å². The highest BCUT2D eigenvalue weighted by Crippen LogP contribution is 2.13. The Balaban J connectivity index is 2.29. The van der Waals surface area contributed by atoms with Crippen LogP contribution in [-0.4, -0.2) is 38.5 Å². The van der Waals surface area contributed by atoms with Crippen LogP contribution in [0, 0.1) is 0 Å². The number of nitrogens with one attached hydrogen (secondary N) is 1. The summed E-state index contributed by atoms with van der Waals surface area (Å²) in [6.45, 7) is 2.09. The van der Waals surface area contributed by atoms with Crippen LogP contribution in [0.4, 0.5) is 0 Å². The molecule has 0 aromatic carbocycles. The molecule has 2 rings (SSSR count). The Morgan fingerprint density at radius 3 is 2.73 bits per heavy atom. The average Bonchev–Trinajstić information content (AvgIpc) is 2.56. The van der Waals surface area contributed by atoms with Crippen molar-refractivity contribution in [2.75, 3.05) is 6.61 Å². The zero-order valence-electron chi connectivity index (χ0n) is 12.4. The van der Waals surface area contributed by atoms with Gasteiger partial charge in [0.05, 0.1) is 30.5 Å². The Kier molecular flexibility index (Phi) is 5.43. The van der Waals surface area contributed by atoms with Gasteiger partial charge in [0.25, 0.3) is 5.91 Å². The normalized spacial score (nSPS) is 11.9. The van der Waals surface area contributed by atoms with Gasteiger partial charge in [-0.25, -0.2) is 0 Å². The highest BCUT2D eigenvalue weighted by atomic mass is 16.3. The molecule has 0 saturated heterocycles. The van der Waals surface area contributed by atoms with Gasteiger partial charge in [0.15, 0.2) is 0 Å². The van der Waals surface area contributed by atoms with Crippen molar-refractivity contribution in [3.63, 3.8) is 0 Å². The molecule has 2 N–H and O–H groups in total. The van der Waals surface area contributed by atoms with Crippen molar-refractivity contribution in [2.24, 2.45) is 0 Å². The number of amides is 1. The molecule has 2 heterocycles. The summed E-state index contributed by atoms with van der Waals surface area (Å²) in [4.78, 5) is 32.1. The summed E-state index contributed by atoms with van der Waals surface area (Å²) in [5, 5.41) is 9.54. The molecule has 0 aliphatic carbocycles. The van der Waals surface area contributed by atoms with Crippen LogP contribution < -0.4 is 5.56 Å². The van der Waals surface area contributed by atoms with Crippen molar-refractivity contribution < 1.29 is 9.90 Å². The first kappa shape index (κ1) is 15.9. The van der Waals surface area contributed by atoms with Crippen LogP contribution in [0.25, 0.3) is 0 Å². The van der Waals surface area contributed by atoms with E-state index in [0.29, 0.717) is 18.5 Å². The lowest BCUT2D eigenvalue weighted by Crippen LogP contribution is -2.42. The van der Waals surface area contributed by atoms with Crippen LogP contribution in [-0.2, 0) is 6.54 Å². The number of carbonyl (C=O) groups is 1. The molecule has 0 bridgehead atoms. The molecule has 2 aromatic rings. The molecule has 116 valence electrons. The molecule has 0 aliphatic heterocycles. The number of aliphatic hydroxyl groups is 1. The van der Waals surface area contributed by atoms with Crippen LogP contribution in [0.1, 0.15) is 29.4 Å². The second kappa shape index (κ2) is 7.51. The van der Waals surface area contributed by atoms with Crippen molar-refractivity contribution in [1.29, 1.82) is 0 Å². The third kappa shape index (κ3) is 3.79. The number of H-pyrrole nitrogens is 1. The number of nitrogens with zero attached hydrogens (tertiary/aromatic N) is 2. The fourth-order valence-corrected chi connectivity index (χ4v) is 2.19. The molecule has 6 heteroatoms. The number of aliphatic hydroxyl groups excluding tert-OH is 1. The maximum Gasteiger partial charge on any atom is 0.256 e. The summed E-state index contributed by atoms with van der Waals surface area (Å²) in [7, 11) is 0. The monoisotopic (exact) mass is 301 g/mol. The molecule has 0 spiro atoms. The number of pyridine rings is 2. The summed E-state index contributed by atoms with van der Waals surface area (Å²) in [5.74, 6) is -0.247. The topological polar surface area (TPSA) is 86.3 Å². The molecule has 22 heavy (non-hydrogen) atoms. The number of aromatic nitrogens is 2. The summed E-state index contributed by atoms with van der Waals surface area (Å²) < 4.78 is 0. The number of carbonyl (C=O) groups excluding carboxylic acids is 1. The third-order valence-corrected chi connectivity index (χ3v) is 3.47. The Morgan fingerprint density at radius 2 is 2.18 bits per heavy atom. The van der Waals surface area contributed by atoms with Crippen molar-refractivity contribution in [3.8, 4) is 0 Å². The van der Waals surface area contributed by atoms with Crippen LogP contribution in [0.5, 0.6) is 0 Å². The quantitative estimate of drug-likeness (QED) is 0.839. The van der Waals surface area contributed by atoms with Crippen LogP contribution in [0.3, 0.4) is 0 Å². The maximum absolute atomic E-state index is 12.7. The predicted molar refractivity (Wildman–Crippen MR) is 82.3 cm³/mol. The summed E-state index contributed by atoms with van der Waals surface area (Å²) in [6, 6.07) is 7.98. The summed E-state index contributed by atoms with van der Waals surface area (Å²) in [5.41, 5.74) is 0.858. The van der Waals surface area contributed by atoms with E-state index in [1.807, 2.05) is 19.1 Å². The SMILES string of the molecule is CCC(CO)N(Cc1ccccn1)C(=O)c1ccc(=O)[nH]c1. The molecule has 2 aromatic heterocycles. The standard InChI is InChI=1S/C16H19N3O3/c1-2-14(11-20)19(10-13-5-3-4-8-17-13)16(22)12-6-7-15(21)18-9-12/h3-9,14,20H,2,10-11H2,1H3,(H,18,21). The molecule has 1 amide bonds. The number of aromatic amines is 1. The van der Waals surface area contributed by atoms with Crippen LogP contribution >= 0.6 is 0 Å². The van der Waals surface area contributed by atoms with Gasteiger partial charge in [-0.1, -0.05) is 13.0 Å². The number of rotatable bonds is 6. The van der Waals surface area contributed by atoms with Gasteiger partial charge in [-0.3, -0.25) is 14.6 Å². The second-order valence-electron chi connectivity index (χ2n) is 4.94. The van der Waals surface area contributed by atoms with Gasteiger partial charge in [0, 0.05) is 18.5 Å². The van der Waals surface area contributed by atoms with Crippen molar-refractivity contribution in [1.82, 2.24) is 14.9 Å². The van der Waals surface area contributed by atoms with Gasteiger partial charge < -0.3 is 15.0 Å². The smallest absolute Gasteiger partial charge is 0.256 e. The molecule has 1 unspecified atom stereocenters. The van der Waals surface area contributed by atoms with Gasteiger partial charge in [0.1, 0.15) is 0 Å². The first-order chi connectivity index (χ1) is 10.7. The maximum atomic E-state index is 12.7. The highest BCUT2D eigenvalue weighted by Gasteiger charge is 2.23. The van der Waals surface area contributed by atoms with Gasteiger partial charge >= 0.3 is 0 Å². The van der Waals surface area contributed by atoms with Crippen molar-refractivity contribution in [3.05, 3.63) is 64.3 Å². The minimum absolute atomic E-state index is 0.127. The molecule has 6 nitrogen and oxygen atoms in total. The van der Waals surface area contributed by atoms with Crippen molar-refractivity contribution >= 4 is 5.91 Å². The van der Waals surface area contributed by atoms with E-state index in [1.54, 1.807) is 17.2 Å².